The van der Waals surface area contributed by atoms with Crippen LogP contribution in [0, 0.1) is 5.92 Å². The van der Waals surface area contributed by atoms with Crippen LogP contribution < -0.4 is 11.5 Å². The van der Waals surface area contributed by atoms with Gasteiger partial charge >= 0.3 is 0 Å². The van der Waals surface area contributed by atoms with Crippen molar-refractivity contribution in [3.05, 3.63) is 0 Å². The molecule has 0 aromatic rings. The van der Waals surface area contributed by atoms with Gasteiger partial charge in [-0.05, 0) is 38.5 Å². The van der Waals surface area contributed by atoms with E-state index in [0.717, 1.165) is 19.3 Å². The topological polar surface area (TPSA) is 52.0 Å². The van der Waals surface area contributed by atoms with E-state index >= 15 is 0 Å². The summed E-state index contributed by atoms with van der Waals surface area (Å²) in [6.07, 6.45) is 5.79. The number of rotatable bonds is 2. The Hall–Kier alpha value is -0.0800. The lowest BCUT2D eigenvalue weighted by Crippen LogP contribution is -2.50. The van der Waals surface area contributed by atoms with Crippen LogP contribution in [0.3, 0.4) is 0 Å². The first kappa shape index (κ1) is 10.0. The molecule has 72 valence electrons. The standard InChI is InChI=1S/C10H22N2/c1-3-4-8-7-9(11)5-6-10(8,2)12/h8-9H,3-7,11-12H2,1-2H3. The molecule has 2 nitrogen and oxygen atoms in total. The van der Waals surface area contributed by atoms with Gasteiger partial charge in [-0.25, -0.2) is 0 Å². The highest BCUT2D eigenvalue weighted by molar-refractivity contribution is 4.93. The Morgan fingerprint density at radius 1 is 1.50 bits per heavy atom. The van der Waals surface area contributed by atoms with Gasteiger partial charge in [0.1, 0.15) is 0 Å². The van der Waals surface area contributed by atoms with E-state index in [0.29, 0.717) is 12.0 Å². The summed E-state index contributed by atoms with van der Waals surface area (Å²) in [6, 6.07) is 0.401. The minimum atomic E-state index is 0.0475. The molecule has 0 saturated heterocycles. The molecule has 0 amide bonds. The molecule has 1 saturated carbocycles. The van der Waals surface area contributed by atoms with Crippen LogP contribution in [0.1, 0.15) is 46.0 Å². The van der Waals surface area contributed by atoms with Crippen molar-refractivity contribution in [2.45, 2.75) is 57.5 Å². The lowest BCUT2D eigenvalue weighted by molar-refractivity contribution is 0.179. The van der Waals surface area contributed by atoms with E-state index in [1.165, 1.54) is 12.8 Å². The van der Waals surface area contributed by atoms with Gasteiger partial charge in [0.15, 0.2) is 0 Å². The third kappa shape index (κ3) is 2.20. The second kappa shape index (κ2) is 3.75. The zero-order chi connectivity index (χ0) is 9.19. The van der Waals surface area contributed by atoms with Crippen LogP contribution in [0.25, 0.3) is 0 Å². The van der Waals surface area contributed by atoms with Gasteiger partial charge < -0.3 is 11.5 Å². The quantitative estimate of drug-likeness (QED) is 0.662. The molecule has 0 aliphatic heterocycles. The molecule has 0 aromatic carbocycles. The minimum absolute atomic E-state index is 0.0475. The maximum absolute atomic E-state index is 6.21. The van der Waals surface area contributed by atoms with Gasteiger partial charge in [-0.2, -0.15) is 0 Å². The summed E-state index contributed by atoms with van der Waals surface area (Å²) in [5, 5.41) is 0. The van der Waals surface area contributed by atoms with E-state index in [9.17, 15) is 0 Å². The predicted molar refractivity (Wildman–Crippen MR) is 52.8 cm³/mol. The summed E-state index contributed by atoms with van der Waals surface area (Å²) in [4.78, 5) is 0. The Labute approximate surface area is 75.7 Å². The first-order chi connectivity index (χ1) is 5.56. The van der Waals surface area contributed by atoms with E-state index in [1.54, 1.807) is 0 Å². The molecule has 0 bridgehead atoms. The lowest BCUT2D eigenvalue weighted by Gasteiger charge is -2.41. The Kier molecular flexibility index (Phi) is 3.13. The maximum atomic E-state index is 6.21. The fourth-order valence-corrected chi connectivity index (χ4v) is 2.25. The monoisotopic (exact) mass is 170 g/mol. The smallest absolute Gasteiger partial charge is 0.0155 e. The first-order valence-corrected chi connectivity index (χ1v) is 5.10. The van der Waals surface area contributed by atoms with Crippen LogP contribution in [-0.4, -0.2) is 11.6 Å². The molecule has 0 aromatic heterocycles. The van der Waals surface area contributed by atoms with Crippen LogP contribution in [0.4, 0.5) is 0 Å². The molecular weight excluding hydrogens is 148 g/mol. The van der Waals surface area contributed by atoms with Crippen molar-refractivity contribution in [3.63, 3.8) is 0 Å². The Balaban J connectivity index is 2.52. The van der Waals surface area contributed by atoms with Crippen LogP contribution in [0.5, 0.6) is 0 Å². The average molecular weight is 170 g/mol. The zero-order valence-corrected chi connectivity index (χ0v) is 8.34. The van der Waals surface area contributed by atoms with Gasteiger partial charge in [0.05, 0.1) is 0 Å². The molecule has 0 heterocycles. The second-order valence-corrected chi connectivity index (χ2v) is 4.53. The normalized spacial score (nSPS) is 43.0. The van der Waals surface area contributed by atoms with Gasteiger partial charge in [-0.15, -0.1) is 0 Å². The summed E-state index contributed by atoms with van der Waals surface area (Å²) >= 11 is 0. The van der Waals surface area contributed by atoms with E-state index in [1.807, 2.05) is 0 Å². The first-order valence-electron chi connectivity index (χ1n) is 5.10. The summed E-state index contributed by atoms with van der Waals surface area (Å²) in [5.41, 5.74) is 12.2. The van der Waals surface area contributed by atoms with Gasteiger partial charge in [-0.3, -0.25) is 0 Å². The molecule has 1 aliphatic carbocycles. The molecule has 1 fully saturated rings. The molecule has 3 atom stereocenters. The van der Waals surface area contributed by atoms with E-state index in [-0.39, 0.29) is 5.54 Å². The summed E-state index contributed by atoms with van der Waals surface area (Å²) in [7, 11) is 0. The van der Waals surface area contributed by atoms with Gasteiger partial charge in [0, 0.05) is 11.6 Å². The predicted octanol–water partition coefficient (Wildman–Crippen LogP) is 1.63. The van der Waals surface area contributed by atoms with E-state index < -0.39 is 0 Å². The average Bonchev–Trinajstić information content (AvgIpc) is 1.98. The fourth-order valence-electron chi connectivity index (χ4n) is 2.25. The van der Waals surface area contributed by atoms with Crippen molar-refractivity contribution in [2.24, 2.45) is 17.4 Å². The number of hydrogen-bond donors (Lipinski definition) is 2. The highest BCUT2D eigenvalue weighted by atomic mass is 14.8. The molecular formula is C10H22N2. The summed E-state index contributed by atoms with van der Waals surface area (Å²) < 4.78 is 0. The van der Waals surface area contributed by atoms with Crippen molar-refractivity contribution >= 4 is 0 Å². The molecule has 2 heteroatoms. The van der Waals surface area contributed by atoms with E-state index in [2.05, 4.69) is 13.8 Å². The van der Waals surface area contributed by atoms with Crippen LogP contribution in [0.15, 0.2) is 0 Å². The number of nitrogens with two attached hydrogens (primary N) is 2. The second-order valence-electron chi connectivity index (χ2n) is 4.53. The lowest BCUT2D eigenvalue weighted by atomic mass is 9.71. The highest BCUT2D eigenvalue weighted by Crippen LogP contribution is 2.33. The van der Waals surface area contributed by atoms with Crippen LogP contribution in [0.2, 0.25) is 0 Å². The molecule has 1 rings (SSSR count). The van der Waals surface area contributed by atoms with Gasteiger partial charge in [0.25, 0.3) is 0 Å². The Morgan fingerprint density at radius 2 is 2.17 bits per heavy atom. The third-order valence-corrected chi connectivity index (χ3v) is 3.21. The molecule has 1 aliphatic rings. The number of hydrogen-bond acceptors (Lipinski definition) is 2. The SMILES string of the molecule is CCCC1CC(N)CCC1(C)N. The molecule has 4 N–H and O–H groups in total. The molecule has 0 radical (unpaired) electrons. The van der Waals surface area contributed by atoms with Crippen molar-refractivity contribution in [1.82, 2.24) is 0 Å². The molecule has 12 heavy (non-hydrogen) atoms. The zero-order valence-electron chi connectivity index (χ0n) is 8.34. The molecule has 3 unspecified atom stereocenters. The Morgan fingerprint density at radius 3 is 2.75 bits per heavy atom. The highest BCUT2D eigenvalue weighted by Gasteiger charge is 2.34. The maximum Gasteiger partial charge on any atom is 0.0155 e. The Bertz CT molecular complexity index is 143. The minimum Gasteiger partial charge on any atom is -0.328 e. The van der Waals surface area contributed by atoms with E-state index in [4.69, 9.17) is 11.5 Å². The van der Waals surface area contributed by atoms with Crippen molar-refractivity contribution < 1.29 is 0 Å². The van der Waals surface area contributed by atoms with Crippen molar-refractivity contribution in [2.75, 3.05) is 0 Å². The van der Waals surface area contributed by atoms with Crippen molar-refractivity contribution in [3.8, 4) is 0 Å². The van der Waals surface area contributed by atoms with Gasteiger partial charge in [-0.1, -0.05) is 13.3 Å². The van der Waals surface area contributed by atoms with Crippen LogP contribution in [-0.2, 0) is 0 Å². The van der Waals surface area contributed by atoms with Crippen molar-refractivity contribution in [1.29, 1.82) is 0 Å². The largest absolute Gasteiger partial charge is 0.328 e. The van der Waals surface area contributed by atoms with Gasteiger partial charge in [0.2, 0.25) is 0 Å². The summed E-state index contributed by atoms with van der Waals surface area (Å²) in [6.45, 7) is 4.40. The fraction of sp³-hybridized carbons (Fsp3) is 1.00. The molecule has 0 spiro atoms. The van der Waals surface area contributed by atoms with Crippen LogP contribution >= 0.6 is 0 Å². The third-order valence-electron chi connectivity index (χ3n) is 3.21. The summed E-state index contributed by atoms with van der Waals surface area (Å²) in [5.74, 6) is 0.645.